The number of morpholine rings is 1. The lowest BCUT2D eigenvalue weighted by atomic mass is 10.2. The van der Waals surface area contributed by atoms with Crippen LogP contribution in [0.2, 0.25) is 0 Å². The third-order valence-corrected chi connectivity index (χ3v) is 2.95. The van der Waals surface area contributed by atoms with Gasteiger partial charge >= 0.3 is 5.97 Å². The van der Waals surface area contributed by atoms with Crippen molar-refractivity contribution in [1.82, 2.24) is 14.9 Å². The number of aromatic nitrogens is 2. The summed E-state index contributed by atoms with van der Waals surface area (Å²) < 4.78 is 5.58. The van der Waals surface area contributed by atoms with E-state index >= 15 is 0 Å². The van der Waals surface area contributed by atoms with Gasteiger partial charge in [0.15, 0.2) is 5.82 Å². The van der Waals surface area contributed by atoms with E-state index in [9.17, 15) is 4.79 Å². The highest BCUT2D eigenvalue weighted by Crippen LogP contribution is 2.20. The lowest BCUT2D eigenvalue weighted by molar-refractivity contribution is -0.0325. The number of hydrogen-bond donors (Lipinski definition) is 2. The first-order chi connectivity index (χ1) is 8.61. The fourth-order valence-electron chi connectivity index (χ4n) is 1.88. The monoisotopic (exact) mass is 252 g/mol. The van der Waals surface area contributed by atoms with Crippen LogP contribution in [0.1, 0.15) is 29.2 Å². The van der Waals surface area contributed by atoms with Crippen LogP contribution in [0.5, 0.6) is 0 Å². The summed E-state index contributed by atoms with van der Waals surface area (Å²) in [4.78, 5) is 21.1. The molecular formula is C11H16N4O3. The van der Waals surface area contributed by atoms with Crippen molar-refractivity contribution < 1.29 is 14.6 Å². The third-order valence-electron chi connectivity index (χ3n) is 2.95. The van der Waals surface area contributed by atoms with E-state index in [1.54, 1.807) is 0 Å². The van der Waals surface area contributed by atoms with E-state index < -0.39 is 5.97 Å². The summed E-state index contributed by atoms with van der Waals surface area (Å²) in [5, 5.41) is 8.85. The van der Waals surface area contributed by atoms with Gasteiger partial charge in [0.1, 0.15) is 17.5 Å². The van der Waals surface area contributed by atoms with Crippen LogP contribution >= 0.6 is 0 Å². The zero-order chi connectivity index (χ0) is 13.1. The van der Waals surface area contributed by atoms with Crippen molar-refractivity contribution >= 4 is 11.8 Å². The molecule has 0 aliphatic carbocycles. The van der Waals surface area contributed by atoms with E-state index in [1.807, 2.05) is 0 Å². The van der Waals surface area contributed by atoms with Gasteiger partial charge in [0, 0.05) is 19.3 Å². The Morgan fingerprint density at radius 3 is 3.11 bits per heavy atom. The molecule has 1 unspecified atom stereocenters. The highest BCUT2D eigenvalue weighted by Gasteiger charge is 2.24. The van der Waals surface area contributed by atoms with E-state index in [0.717, 1.165) is 13.1 Å². The molecule has 0 amide bonds. The summed E-state index contributed by atoms with van der Waals surface area (Å²) in [6.45, 7) is 5.20. The summed E-state index contributed by atoms with van der Waals surface area (Å²) in [7, 11) is 0. The van der Waals surface area contributed by atoms with Crippen LogP contribution in [0.3, 0.4) is 0 Å². The molecule has 0 bridgehead atoms. The predicted octanol–water partition coefficient (Wildman–Crippen LogP) is 0.150. The fourth-order valence-corrected chi connectivity index (χ4v) is 1.88. The van der Waals surface area contributed by atoms with Gasteiger partial charge in [-0.3, -0.25) is 4.90 Å². The third kappa shape index (κ3) is 2.57. The highest BCUT2D eigenvalue weighted by atomic mass is 16.5. The molecule has 0 aromatic carbocycles. The average molecular weight is 252 g/mol. The van der Waals surface area contributed by atoms with E-state index in [1.165, 1.54) is 6.20 Å². The summed E-state index contributed by atoms with van der Waals surface area (Å²) >= 11 is 0. The molecule has 1 aromatic rings. The van der Waals surface area contributed by atoms with Crippen molar-refractivity contribution in [3.8, 4) is 0 Å². The van der Waals surface area contributed by atoms with Crippen LogP contribution in [-0.2, 0) is 4.74 Å². The standard InChI is InChI=1S/C11H16N4O3/c1-2-15-3-4-18-8(6-15)10-13-5-7(11(16)17)9(12)14-10/h5,8H,2-4,6H2,1H3,(H,16,17)(H2,12,13,14). The van der Waals surface area contributed by atoms with Gasteiger partial charge in [0.05, 0.1) is 6.61 Å². The van der Waals surface area contributed by atoms with Crippen molar-refractivity contribution in [3.63, 3.8) is 0 Å². The largest absolute Gasteiger partial charge is 0.477 e. The fraction of sp³-hybridized carbons (Fsp3) is 0.545. The molecule has 1 saturated heterocycles. The zero-order valence-electron chi connectivity index (χ0n) is 10.2. The molecule has 0 radical (unpaired) electrons. The topological polar surface area (TPSA) is 102 Å². The first-order valence-electron chi connectivity index (χ1n) is 5.81. The first kappa shape index (κ1) is 12.7. The molecule has 7 heteroatoms. The van der Waals surface area contributed by atoms with E-state index in [4.69, 9.17) is 15.6 Å². The van der Waals surface area contributed by atoms with Crippen LogP contribution in [0.15, 0.2) is 6.20 Å². The highest BCUT2D eigenvalue weighted by molar-refractivity contribution is 5.92. The number of nitrogen functional groups attached to an aromatic ring is 1. The molecule has 1 aliphatic rings. The SMILES string of the molecule is CCN1CCOC(c2ncc(C(=O)O)c(N)n2)C1. The van der Waals surface area contributed by atoms with Gasteiger partial charge in [0.2, 0.25) is 0 Å². The number of ether oxygens (including phenoxy) is 1. The Kier molecular flexibility index (Phi) is 3.73. The van der Waals surface area contributed by atoms with Crippen molar-refractivity contribution in [1.29, 1.82) is 0 Å². The minimum Gasteiger partial charge on any atom is -0.477 e. The molecule has 1 aromatic heterocycles. The zero-order valence-corrected chi connectivity index (χ0v) is 10.2. The number of likely N-dealkylation sites (N-methyl/N-ethyl adjacent to an activating group) is 1. The minimum absolute atomic E-state index is 0.0234. The second-order valence-corrected chi connectivity index (χ2v) is 4.08. The molecule has 2 heterocycles. The van der Waals surface area contributed by atoms with Crippen molar-refractivity contribution in [2.24, 2.45) is 0 Å². The van der Waals surface area contributed by atoms with Gasteiger partial charge in [0.25, 0.3) is 0 Å². The molecule has 1 aliphatic heterocycles. The number of nitrogens with two attached hydrogens (primary N) is 1. The van der Waals surface area contributed by atoms with Crippen molar-refractivity contribution in [2.75, 3.05) is 32.0 Å². The maximum Gasteiger partial charge on any atom is 0.341 e. The Morgan fingerprint density at radius 1 is 1.72 bits per heavy atom. The molecule has 2 rings (SSSR count). The first-order valence-corrected chi connectivity index (χ1v) is 5.81. The molecule has 98 valence electrons. The second-order valence-electron chi connectivity index (χ2n) is 4.08. The second kappa shape index (κ2) is 5.28. The number of hydrogen-bond acceptors (Lipinski definition) is 6. The van der Waals surface area contributed by atoms with E-state index in [0.29, 0.717) is 19.0 Å². The summed E-state index contributed by atoms with van der Waals surface area (Å²) in [6.07, 6.45) is 0.984. The maximum atomic E-state index is 10.8. The summed E-state index contributed by atoms with van der Waals surface area (Å²) in [5.74, 6) is -0.709. The predicted molar refractivity (Wildman–Crippen MR) is 64.2 cm³/mol. The Bertz CT molecular complexity index is 452. The number of carboxylic acids is 1. The Balaban J connectivity index is 2.18. The Labute approximate surface area is 105 Å². The van der Waals surface area contributed by atoms with Crippen LogP contribution in [0, 0.1) is 0 Å². The lowest BCUT2D eigenvalue weighted by Crippen LogP contribution is -2.38. The van der Waals surface area contributed by atoms with Crippen LogP contribution in [-0.4, -0.2) is 52.2 Å². The number of rotatable bonds is 3. The van der Waals surface area contributed by atoms with E-state index in [2.05, 4.69) is 21.8 Å². The normalized spacial score (nSPS) is 20.8. The van der Waals surface area contributed by atoms with Gasteiger partial charge < -0.3 is 15.6 Å². The number of aromatic carboxylic acids is 1. The average Bonchev–Trinajstić information content (AvgIpc) is 2.38. The molecule has 1 fully saturated rings. The van der Waals surface area contributed by atoms with Crippen LogP contribution in [0.25, 0.3) is 0 Å². The molecule has 0 spiro atoms. The molecule has 3 N–H and O–H groups in total. The van der Waals surface area contributed by atoms with Crippen molar-refractivity contribution in [2.45, 2.75) is 13.0 Å². The number of carboxylic acid groups (broad SMARTS) is 1. The summed E-state index contributed by atoms with van der Waals surface area (Å²) in [6, 6.07) is 0. The number of carbonyl (C=O) groups is 1. The van der Waals surface area contributed by atoms with Gasteiger partial charge in [-0.05, 0) is 6.54 Å². The number of nitrogens with zero attached hydrogens (tertiary/aromatic N) is 3. The Morgan fingerprint density at radius 2 is 2.50 bits per heavy atom. The van der Waals surface area contributed by atoms with E-state index in [-0.39, 0.29) is 17.5 Å². The molecule has 18 heavy (non-hydrogen) atoms. The smallest absolute Gasteiger partial charge is 0.341 e. The molecule has 1 atom stereocenters. The maximum absolute atomic E-state index is 10.8. The quantitative estimate of drug-likeness (QED) is 0.789. The van der Waals surface area contributed by atoms with Gasteiger partial charge in [-0.15, -0.1) is 0 Å². The molecular weight excluding hydrogens is 236 g/mol. The Hall–Kier alpha value is -1.73. The van der Waals surface area contributed by atoms with Crippen LogP contribution < -0.4 is 5.73 Å². The van der Waals surface area contributed by atoms with Gasteiger partial charge in [-0.1, -0.05) is 6.92 Å². The van der Waals surface area contributed by atoms with Crippen LogP contribution in [0.4, 0.5) is 5.82 Å². The molecule has 0 saturated carbocycles. The lowest BCUT2D eigenvalue weighted by Gasteiger charge is -2.31. The van der Waals surface area contributed by atoms with Gasteiger partial charge in [-0.25, -0.2) is 14.8 Å². The summed E-state index contributed by atoms with van der Waals surface area (Å²) in [5.41, 5.74) is 5.51. The number of anilines is 1. The molecule has 7 nitrogen and oxygen atoms in total. The van der Waals surface area contributed by atoms with Gasteiger partial charge in [-0.2, -0.15) is 0 Å². The van der Waals surface area contributed by atoms with Crippen molar-refractivity contribution in [3.05, 3.63) is 17.6 Å². The minimum atomic E-state index is -1.13.